The van der Waals surface area contributed by atoms with E-state index in [0.29, 0.717) is 25.2 Å². The maximum absolute atomic E-state index is 13.1. The van der Waals surface area contributed by atoms with Gasteiger partial charge in [-0.25, -0.2) is 8.42 Å². The van der Waals surface area contributed by atoms with E-state index < -0.39 is 10.0 Å². The third-order valence-corrected chi connectivity index (χ3v) is 8.04. The fourth-order valence-electron chi connectivity index (χ4n) is 3.82. The van der Waals surface area contributed by atoms with E-state index in [-0.39, 0.29) is 16.8 Å². The second-order valence-electron chi connectivity index (χ2n) is 6.81. The van der Waals surface area contributed by atoms with E-state index in [0.717, 1.165) is 25.7 Å². The molecule has 1 aromatic heterocycles. The molecular formula is C19H22N2O3S2. The number of carbonyl (C=O) groups is 1. The highest BCUT2D eigenvalue weighted by molar-refractivity contribution is 7.89. The minimum atomic E-state index is -3.51. The van der Waals surface area contributed by atoms with Gasteiger partial charge >= 0.3 is 0 Å². The summed E-state index contributed by atoms with van der Waals surface area (Å²) < 4.78 is 27.1. The van der Waals surface area contributed by atoms with Crippen LogP contribution in [-0.4, -0.2) is 43.2 Å². The van der Waals surface area contributed by atoms with Crippen molar-refractivity contribution in [3.8, 4) is 0 Å². The van der Waals surface area contributed by atoms with Crippen molar-refractivity contribution in [3.63, 3.8) is 0 Å². The molecule has 4 rings (SSSR count). The number of thiophene rings is 1. The zero-order chi connectivity index (χ0) is 18.1. The SMILES string of the molecule is O=C(c1cccc(S(=O)(=O)N2CCCC2)c1)N1CCC[C@H]1c1cccs1. The van der Waals surface area contributed by atoms with E-state index >= 15 is 0 Å². The molecule has 0 bridgehead atoms. The Labute approximate surface area is 158 Å². The van der Waals surface area contributed by atoms with Crippen molar-refractivity contribution in [2.45, 2.75) is 36.6 Å². The third-order valence-electron chi connectivity index (χ3n) is 5.17. The number of hydrogen-bond acceptors (Lipinski definition) is 4. The summed E-state index contributed by atoms with van der Waals surface area (Å²) in [5.74, 6) is -0.0839. The van der Waals surface area contributed by atoms with E-state index in [1.165, 1.54) is 9.18 Å². The molecule has 0 N–H and O–H groups in total. The molecular weight excluding hydrogens is 368 g/mol. The standard InChI is InChI=1S/C19H22N2O3S2/c22-19(21-12-4-8-17(21)18-9-5-13-25-18)15-6-3-7-16(14-15)26(23,24)20-10-1-2-11-20/h3,5-7,9,13-14,17H,1-2,4,8,10-12H2/t17-/m0/s1. The van der Waals surface area contributed by atoms with Crippen molar-refractivity contribution in [1.29, 1.82) is 0 Å². The first-order valence-electron chi connectivity index (χ1n) is 9.02. The van der Waals surface area contributed by atoms with Crippen LogP contribution in [0.3, 0.4) is 0 Å². The molecule has 2 fully saturated rings. The Morgan fingerprint density at radius 3 is 2.58 bits per heavy atom. The molecule has 2 aromatic rings. The van der Waals surface area contributed by atoms with Gasteiger partial charge in [-0.05, 0) is 55.3 Å². The lowest BCUT2D eigenvalue weighted by Crippen LogP contribution is -2.31. The Morgan fingerprint density at radius 1 is 1.04 bits per heavy atom. The molecule has 0 unspecified atom stereocenters. The van der Waals surface area contributed by atoms with Gasteiger partial charge in [0.1, 0.15) is 0 Å². The van der Waals surface area contributed by atoms with E-state index in [9.17, 15) is 13.2 Å². The molecule has 7 heteroatoms. The maximum atomic E-state index is 13.1. The van der Waals surface area contributed by atoms with Gasteiger partial charge < -0.3 is 4.90 Å². The van der Waals surface area contributed by atoms with Crippen LogP contribution in [0.1, 0.15) is 47.0 Å². The predicted octanol–water partition coefficient (Wildman–Crippen LogP) is 3.51. The van der Waals surface area contributed by atoms with Gasteiger partial charge in [0.25, 0.3) is 5.91 Å². The van der Waals surface area contributed by atoms with E-state index in [4.69, 9.17) is 0 Å². The van der Waals surface area contributed by atoms with Gasteiger partial charge in [0, 0.05) is 30.1 Å². The normalized spacial score (nSPS) is 21.4. The number of likely N-dealkylation sites (tertiary alicyclic amines) is 1. The Bertz CT molecular complexity index is 887. The molecule has 0 aliphatic carbocycles. The number of nitrogens with zero attached hydrogens (tertiary/aromatic N) is 2. The zero-order valence-corrected chi connectivity index (χ0v) is 16.1. The van der Waals surface area contributed by atoms with Crippen molar-refractivity contribution in [3.05, 3.63) is 52.2 Å². The highest BCUT2D eigenvalue weighted by atomic mass is 32.2. The molecule has 2 aliphatic rings. The van der Waals surface area contributed by atoms with Gasteiger partial charge in [-0.3, -0.25) is 4.79 Å². The van der Waals surface area contributed by atoms with Crippen molar-refractivity contribution >= 4 is 27.3 Å². The molecule has 0 radical (unpaired) electrons. The molecule has 26 heavy (non-hydrogen) atoms. The average molecular weight is 391 g/mol. The van der Waals surface area contributed by atoms with Crippen LogP contribution >= 0.6 is 11.3 Å². The van der Waals surface area contributed by atoms with Crippen LogP contribution in [0.25, 0.3) is 0 Å². The summed E-state index contributed by atoms with van der Waals surface area (Å²) in [7, 11) is -3.51. The molecule has 0 saturated carbocycles. The van der Waals surface area contributed by atoms with Gasteiger partial charge in [-0.2, -0.15) is 4.31 Å². The maximum Gasteiger partial charge on any atom is 0.254 e. The highest BCUT2D eigenvalue weighted by Gasteiger charge is 2.32. The van der Waals surface area contributed by atoms with Crippen LogP contribution in [-0.2, 0) is 10.0 Å². The summed E-state index contributed by atoms with van der Waals surface area (Å²) in [6.45, 7) is 1.84. The lowest BCUT2D eigenvalue weighted by molar-refractivity contribution is 0.0737. The van der Waals surface area contributed by atoms with Gasteiger partial charge in [0.2, 0.25) is 10.0 Å². The Kier molecular flexibility index (Phi) is 4.86. The van der Waals surface area contributed by atoms with Gasteiger partial charge in [0.05, 0.1) is 10.9 Å². The van der Waals surface area contributed by atoms with E-state index in [1.807, 2.05) is 16.3 Å². The van der Waals surface area contributed by atoms with Crippen LogP contribution in [0.4, 0.5) is 0 Å². The summed E-state index contributed by atoms with van der Waals surface area (Å²) in [4.78, 5) is 16.4. The summed E-state index contributed by atoms with van der Waals surface area (Å²) in [5, 5.41) is 2.03. The molecule has 0 spiro atoms. The first kappa shape index (κ1) is 17.7. The second-order valence-corrected chi connectivity index (χ2v) is 9.73. The van der Waals surface area contributed by atoms with Gasteiger partial charge in [-0.15, -0.1) is 11.3 Å². The number of benzene rings is 1. The fourth-order valence-corrected chi connectivity index (χ4v) is 6.26. The largest absolute Gasteiger partial charge is 0.331 e. The molecule has 1 amide bonds. The topological polar surface area (TPSA) is 57.7 Å². The van der Waals surface area contributed by atoms with Crippen LogP contribution in [0, 0.1) is 0 Å². The Hall–Kier alpha value is -1.70. The number of sulfonamides is 1. The van der Waals surface area contributed by atoms with E-state index in [2.05, 4.69) is 6.07 Å². The quantitative estimate of drug-likeness (QED) is 0.803. The number of carbonyl (C=O) groups excluding carboxylic acids is 1. The minimum absolute atomic E-state index is 0.0839. The lowest BCUT2D eigenvalue weighted by atomic mass is 10.1. The summed E-state index contributed by atoms with van der Waals surface area (Å²) in [5.41, 5.74) is 0.453. The molecule has 3 heterocycles. The third kappa shape index (κ3) is 3.19. The lowest BCUT2D eigenvalue weighted by Gasteiger charge is -2.24. The predicted molar refractivity (Wildman–Crippen MR) is 102 cm³/mol. The Morgan fingerprint density at radius 2 is 1.85 bits per heavy atom. The second kappa shape index (κ2) is 7.13. The average Bonchev–Trinajstić information content (AvgIpc) is 3.43. The van der Waals surface area contributed by atoms with Crippen LogP contribution in [0.2, 0.25) is 0 Å². The fraction of sp³-hybridized carbons (Fsp3) is 0.421. The first-order chi connectivity index (χ1) is 12.6. The molecule has 2 aliphatic heterocycles. The molecule has 5 nitrogen and oxygen atoms in total. The van der Waals surface area contributed by atoms with Crippen LogP contribution in [0.15, 0.2) is 46.7 Å². The number of rotatable bonds is 4. The summed E-state index contributed by atoms with van der Waals surface area (Å²) >= 11 is 1.66. The van der Waals surface area contributed by atoms with Gasteiger partial charge in [0.15, 0.2) is 0 Å². The highest BCUT2D eigenvalue weighted by Crippen LogP contribution is 2.35. The smallest absolute Gasteiger partial charge is 0.254 e. The summed E-state index contributed by atoms with van der Waals surface area (Å²) in [6, 6.07) is 10.7. The van der Waals surface area contributed by atoms with Crippen molar-refractivity contribution in [2.75, 3.05) is 19.6 Å². The van der Waals surface area contributed by atoms with Crippen molar-refractivity contribution in [2.24, 2.45) is 0 Å². The zero-order valence-electron chi connectivity index (χ0n) is 14.5. The molecule has 1 atom stereocenters. The molecule has 138 valence electrons. The van der Waals surface area contributed by atoms with E-state index in [1.54, 1.807) is 35.6 Å². The van der Waals surface area contributed by atoms with Crippen molar-refractivity contribution < 1.29 is 13.2 Å². The van der Waals surface area contributed by atoms with Crippen LogP contribution in [0.5, 0.6) is 0 Å². The van der Waals surface area contributed by atoms with Crippen molar-refractivity contribution in [1.82, 2.24) is 9.21 Å². The monoisotopic (exact) mass is 390 g/mol. The summed E-state index contributed by atoms with van der Waals surface area (Å²) in [6.07, 6.45) is 3.72. The number of hydrogen-bond donors (Lipinski definition) is 0. The van der Waals surface area contributed by atoms with Gasteiger partial charge in [-0.1, -0.05) is 12.1 Å². The molecule has 1 aromatic carbocycles. The number of amides is 1. The first-order valence-corrected chi connectivity index (χ1v) is 11.3. The Balaban J connectivity index is 1.61. The molecule has 2 saturated heterocycles. The minimum Gasteiger partial charge on any atom is -0.331 e. The van der Waals surface area contributed by atoms with Crippen LogP contribution < -0.4 is 0 Å².